The number of aromatic nitrogens is 2. The summed E-state index contributed by atoms with van der Waals surface area (Å²) in [4.78, 5) is 33.1. The van der Waals surface area contributed by atoms with Gasteiger partial charge in [-0.2, -0.15) is 0 Å². The molecule has 7 nitrogen and oxygen atoms in total. The predicted molar refractivity (Wildman–Crippen MR) is 95.8 cm³/mol. The fourth-order valence-electron chi connectivity index (χ4n) is 3.55. The summed E-state index contributed by atoms with van der Waals surface area (Å²) in [6, 6.07) is 7.44. The fraction of sp³-hybridized carbons (Fsp3) is 0.421. The number of hydrogen-bond donors (Lipinski definition) is 0. The van der Waals surface area contributed by atoms with Crippen LogP contribution >= 0.6 is 0 Å². The highest BCUT2D eigenvalue weighted by molar-refractivity contribution is 5.99. The fourth-order valence-corrected chi connectivity index (χ4v) is 3.55. The number of piperazine rings is 1. The van der Waals surface area contributed by atoms with Crippen LogP contribution in [0.15, 0.2) is 43.0 Å². The lowest BCUT2D eigenvalue weighted by atomic mass is 10.0. The maximum Gasteiger partial charge on any atom is 0.246 e. The lowest BCUT2D eigenvalue weighted by molar-refractivity contribution is -0.142. The Kier molecular flexibility index (Phi) is 4.14. The highest BCUT2D eigenvalue weighted by atomic mass is 16.5. The van der Waals surface area contributed by atoms with E-state index in [-0.39, 0.29) is 23.8 Å². The molecule has 1 aromatic heterocycles. The van der Waals surface area contributed by atoms with Gasteiger partial charge in [0.05, 0.1) is 18.9 Å². The Morgan fingerprint density at radius 2 is 2.15 bits per heavy atom. The van der Waals surface area contributed by atoms with Crippen molar-refractivity contribution < 1.29 is 14.3 Å². The summed E-state index contributed by atoms with van der Waals surface area (Å²) in [6.45, 7) is 1.81. The van der Waals surface area contributed by atoms with Crippen molar-refractivity contribution in [3.63, 3.8) is 0 Å². The van der Waals surface area contributed by atoms with E-state index < -0.39 is 0 Å². The zero-order valence-electron chi connectivity index (χ0n) is 14.8. The SMILES string of the molecule is COc1cccc(N2CCN(C(=O)C3(Cn4ccnc4)CC3)CC2=O)c1. The molecule has 1 saturated carbocycles. The molecule has 0 radical (unpaired) electrons. The van der Waals surface area contributed by atoms with E-state index in [2.05, 4.69) is 4.98 Å². The number of amides is 2. The minimum absolute atomic E-state index is 0.0590. The van der Waals surface area contributed by atoms with Gasteiger partial charge in [-0.3, -0.25) is 9.59 Å². The van der Waals surface area contributed by atoms with Gasteiger partial charge in [0, 0.05) is 43.8 Å². The topological polar surface area (TPSA) is 67.7 Å². The monoisotopic (exact) mass is 354 g/mol. The van der Waals surface area contributed by atoms with Crippen molar-refractivity contribution in [3.05, 3.63) is 43.0 Å². The van der Waals surface area contributed by atoms with E-state index in [9.17, 15) is 9.59 Å². The van der Waals surface area contributed by atoms with Crippen LogP contribution in [-0.2, 0) is 16.1 Å². The first-order chi connectivity index (χ1) is 12.6. The first-order valence-electron chi connectivity index (χ1n) is 8.81. The van der Waals surface area contributed by atoms with Gasteiger partial charge in [0.1, 0.15) is 12.3 Å². The summed E-state index contributed by atoms with van der Waals surface area (Å²) in [7, 11) is 1.60. The Hall–Kier alpha value is -2.83. The number of carbonyl (C=O) groups is 2. The largest absolute Gasteiger partial charge is 0.497 e. The average molecular weight is 354 g/mol. The first-order valence-corrected chi connectivity index (χ1v) is 8.81. The molecule has 2 aromatic rings. The molecule has 26 heavy (non-hydrogen) atoms. The second kappa shape index (κ2) is 6.48. The second-order valence-corrected chi connectivity index (χ2v) is 6.99. The molecule has 2 amide bonds. The average Bonchev–Trinajstić information content (AvgIpc) is 3.26. The number of anilines is 1. The van der Waals surface area contributed by atoms with E-state index in [4.69, 9.17) is 4.74 Å². The van der Waals surface area contributed by atoms with Crippen molar-refractivity contribution in [2.45, 2.75) is 19.4 Å². The number of methoxy groups -OCH3 is 1. The van der Waals surface area contributed by atoms with Gasteiger partial charge in [0.25, 0.3) is 0 Å². The van der Waals surface area contributed by atoms with Gasteiger partial charge in [0.2, 0.25) is 11.8 Å². The molecule has 1 aromatic carbocycles. The Morgan fingerprint density at radius 1 is 1.31 bits per heavy atom. The van der Waals surface area contributed by atoms with Crippen molar-refractivity contribution in [1.82, 2.24) is 14.5 Å². The molecule has 0 bridgehead atoms. The van der Waals surface area contributed by atoms with Gasteiger partial charge in [-0.15, -0.1) is 0 Å². The maximum absolute atomic E-state index is 13.0. The van der Waals surface area contributed by atoms with Crippen LogP contribution in [0.4, 0.5) is 5.69 Å². The zero-order chi connectivity index (χ0) is 18.1. The van der Waals surface area contributed by atoms with E-state index in [1.54, 1.807) is 29.4 Å². The Morgan fingerprint density at radius 3 is 2.81 bits per heavy atom. The van der Waals surface area contributed by atoms with Crippen LogP contribution in [0.3, 0.4) is 0 Å². The summed E-state index contributed by atoms with van der Waals surface area (Å²) < 4.78 is 7.18. The van der Waals surface area contributed by atoms with Crippen LogP contribution in [-0.4, -0.2) is 53.0 Å². The van der Waals surface area contributed by atoms with E-state index in [0.29, 0.717) is 25.4 Å². The molecule has 0 atom stereocenters. The predicted octanol–water partition coefficient (Wildman–Crippen LogP) is 1.55. The van der Waals surface area contributed by atoms with E-state index >= 15 is 0 Å². The standard InChI is InChI=1S/C19H22N4O3/c1-26-16-4-2-3-15(11-16)23-10-9-22(12-17(23)24)18(25)19(5-6-19)13-21-8-7-20-14-21/h2-4,7-8,11,14H,5-6,9-10,12-13H2,1H3. The Labute approximate surface area is 152 Å². The summed E-state index contributed by atoms with van der Waals surface area (Å²) in [6.07, 6.45) is 7.07. The molecule has 1 saturated heterocycles. The lowest BCUT2D eigenvalue weighted by Crippen LogP contribution is -2.54. The Balaban J connectivity index is 1.43. The third-order valence-corrected chi connectivity index (χ3v) is 5.22. The van der Waals surface area contributed by atoms with E-state index in [1.807, 2.05) is 35.0 Å². The van der Waals surface area contributed by atoms with E-state index in [0.717, 1.165) is 18.5 Å². The quantitative estimate of drug-likeness (QED) is 0.817. The van der Waals surface area contributed by atoms with Crippen LogP contribution in [0.25, 0.3) is 0 Å². The Bertz CT molecular complexity index is 814. The molecule has 0 N–H and O–H groups in total. The number of imidazole rings is 1. The van der Waals surface area contributed by atoms with Crippen LogP contribution in [0.5, 0.6) is 5.75 Å². The molecule has 7 heteroatoms. The maximum atomic E-state index is 13.0. The first kappa shape index (κ1) is 16.6. The number of carbonyl (C=O) groups excluding carboxylic acids is 2. The number of ether oxygens (including phenoxy) is 1. The van der Waals surface area contributed by atoms with Gasteiger partial charge in [0.15, 0.2) is 0 Å². The number of benzene rings is 1. The number of hydrogen-bond acceptors (Lipinski definition) is 4. The molecular weight excluding hydrogens is 332 g/mol. The molecule has 1 aliphatic carbocycles. The van der Waals surface area contributed by atoms with E-state index in [1.165, 1.54) is 0 Å². The van der Waals surface area contributed by atoms with Crippen LogP contribution < -0.4 is 9.64 Å². The summed E-state index contributed by atoms with van der Waals surface area (Å²) in [5.41, 5.74) is 0.444. The smallest absolute Gasteiger partial charge is 0.246 e. The number of rotatable bonds is 5. The van der Waals surface area contributed by atoms with Crippen molar-refractivity contribution in [1.29, 1.82) is 0 Å². The summed E-state index contributed by atoms with van der Waals surface area (Å²) >= 11 is 0. The highest BCUT2D eigenvalue weighted by Gasteiger charge is 2.52. The summed E-state index contributed by atoms with van der Waals surface area (Å²) in [5.74, 6) is 0.743. The normalized spacial score (nSPS) is 18.7. The van der Waals surface area contributed by atoms with Crippen molar-refractivity contribution >= 4 is 17.5 Å². The zero-order valence-corrected chi connectivity index (χ0v) is 14.8. The highest BCUT2D eigenvalue weighted by Crippen LogP contribution is 2.48. The molecule has 2 aliphatic rings. The molecule has 136 valence electrons. The second-order valence-electron chi connectivity index (χ2n) is 6.99. The molecule has 0 spiro atoms. The van der Waals surface area contributed by atoms with Crippen LogP contribution in [0.2, 0.25) is 0 Å². The molecule has 2 fully saturated rings. The number of nitrogens with zero attached hydrogens (tertiary/aromatic N) is 4. The van der Waals surface area contributed by atoms with Crippen LogP contribution in [0.1, 0.15) is 12.8 Å². The van der Waals surface area contributed by atoms with Gasteiger partial charge < -0.3 is 19.1 Å². The van der Waals surface area contributed by atoms with Crippen LogP contribution in [0, 0.1) is 5.41 Å². The molecule has 2 heterocycles. The third-order valence-electron chi connectivity index (χ3n) is 5.22. The molecule has 0 unspecified atom stereocenters. The van der Waals surface area contributed by atoms with Crippen molar-refractivity contribution in [3.8, 4) is 5.75 Å². The van der Waals surface area contributed by atoms with Crippen molar-refractivity contribution in [2.75, 3.05) is 31.6 Å². The molecule has 1 aliphatic heterocycles. The van der Waals surface area contributed by atoms with Gasteiger partial charge in [-0.25, -0.2) is 4.98 Å². The third kappa shape index (κ3) is 3.05. The lowest BCUT2D eigenvalue weighted by Gasteiger charge is -2.36. The summed E-state index contributed by atoms with van der Waals surface area (Å²) in [5, 5.41) is 0. The van der Waals surface area contributed by atoms with Crippen molar-refractivity contribution in [2.24, 2.45) is 5.41 Å². The van der Waals surface area contributed by atoms with Gasteiger partial charge >= 0.3 is 0 Å². The minimum atomic E-state index is -0.362. The van der Waals surface area contributed by atoms with Gasteiger partial charge in [-0.1, -0.05) is 6.07 Å². The minimum Gasteiger partial charge on any atom is -0.497 e. The molecule has 4 rings (SSSR count). The van der Waals surface area contributed by atoms with Gasteiger partial charge in [-0.05, 0) is 25.0 Å². The molecular formula is C19H22N4O3.